The summed E-state index contributed by atoms with van der Waals surface area (Å²) in [6, 6.07) is 3.43. The summed E-state index contributed by atoms with van der Waals surface area (Å²) in [5, 5.41) is 0. The first kappa shape index (κ1) is 14.3. The molecule has 2 rings (SSSR count). The molecule has 0 aliphatic carbocycles. The molecule has 1 heterocycles. The molecular formula is C13H19FN2O2S. The Labute approximate surface area is 113 Å². The van der Waals surface area contributed by atoms with Crippen molar-refractivity contribution >= 4 is 15.7 Å². The molecule has 1 saturated heterocycles. The van der Waals surface area contributed by atoms with Crippen LogP contribution in [0, 0.1) is 5.82 Å². The Hall–Kier alpha value is -1.14. The number of hydrogen-bond acceptors (Lipinski definition) is 3. The van der Waals surface area contributed by atoms with E-state index in [2.05, 4.69) is 0 Å². The van der Waals surface area contributed by atoms with Crippen LogP contribution in [0.15, 0.2) is 23.1 Å². The molecule has 0 unspecified atom stereocenters. The quantitative estimate of drug-likeness (QED) is 0.849. The maximum Gasteiger partial charge on any atom is 0.245 e. The van der Waals surface area contributed by atoms with Gasteiger partial charge in [-0.15, -0.1) is 0 Å². The van der Waals surface area contributed by atoms with E-state index in [1.807, 2.05) is 0 Å². The van der Waals surface area contributed by atoms with Crippen LogP contribution in [0.3, 0.4) is 0 Å². The molecule has 0 atom stereocenters. The van der Waals surface area contributed by atoms with Crippen LogP contribution >= 0.6 is 0 Å². The molecule has 0 saturated carbocycles. The van der Waals surface area contributed by atoms with Crippen LogP contribution in [0.2, 0.25) is 0 Å². The van der Waals surface area contributed by atoms with Gasteiger partial charge in [-0.2, -0.15) is 4.31 Å². The Morgan fingerprint density at radius 3 is 2.21 bits per heavy atom. The van der Waals surface area contributed by atoms with Crippen molar-refractivity contribution in [3.63, 3.8) is 0 Å². The van der Waals surface area contributed by atoms with Gasteiger partial charge in [0.25, 0.3) is 0 Å². The van der Waals surface area contributed by atoms with Crippen LogP contribution < -0.4 is 5.73 Å². The second-order valence-corrected chi connectivity index (χ2v) is 6.76. The summed E-state index contributed by atoms with van der Waals surface area (Å²) in [6.07, 6.45) is 4.98. The van der Waals surface area contributed by atoms with E-state index in [1.165, 1.54) is 10.4 Å². The zero-order chi connectivity index (χ0) is 13.9. The van der Waals surface area contributed by atoms with E-state index in [1.54, 1.807) is 0 Å². The van der Waals surface area contributed by atoms with Gasteiger partial charge in [-0.1, -0.05) is 19.3 Å². The maximum absolute atomic E-state index is 13.0. The van der Waals surface area contributed by atoms with Crippen molar-refractivity contribution in [2.24, 2.45) is 0 Å². The molecule has 0 amide bonds. The normalized spacial score (nSPS) is 18.8. The molecule has 6 heteroatoms. The second kappa shape index (κ2) is 5.88. The third kappa shape index (κ3) is 3.25. The fraction of sp³-hybridized carbons (Fsp3) is 0.538. The molecule has 0 bridgehead atoms. The lowest BCUT2D eigenvalue weighted by atomic mass is 10.1. The van der Waals surface area contributed by atoms with E-state index >= 15 is 0 Å². The Balaban J connectivity index is 2.29. The molecule has 1 aliphatic heterocycles. The topological polar surface area (TPSA) is 63.4 Å². The number of rotatable bonds is 2. The van der Waals surface area contributed by atoms with Crippen molar-refractivity contribution in [1.29, 1.82) is 0 Å². The van der Waals surface area contributed by atoms with Crippen LogP contribution in [0.1, 0.15) is 32.1 Å². The first-order valence-corrected chi connectivity index (χ1v) is 8.01. The Morgan fingerprint density at radius 1 is 1.05 bits per heavy atom. The summed E-state index contributed by atoms with van der Waals surface area (Å²) < 4.78 is 39.5. The maximum atomic E-state index is 13.0. The second-order valence-electron chi connectivity index (χ2n) is 4.85. The van der Waals surface area contributed by atoms with Gasteiger partial charge in [0.1, 0.15) is 10.7 Å². The SMILES string of the molecule is Nc1cc(F)ccc1S(=O)(=O)N1CCCCCCC1. The number of nitrogen functional groups attached to an aromatic ring is 1. The molecule has 1 aliphatic rings. The van der Waals surface area contributed by atoms with Gasteiger partial charge in [-0.3, -0.25) is 0 Å². The summed E-state index contributed by atoms with van der Waals surface area (Å²) in [4.78, 5) is 0.00877. The van der Waals surface area contributed by atoms with Crippen molar-refractivity contribution in [2.75, 3.05) is 18.8 Å². The molecule has 1 aromatic carbocycles. The van der Waals surface area contributed by atoms with Crippen LogP contribution in [-0.2, 0) is 10.0 Å². The number of nitrogens with zero attached hydrogens (tertiary/aromatic N) is 1. The summed E-state index contributed by atoms with van der Waals surface area (Å²) in [5.41, 5.74) is 5.61. The highest BCUT2D eigenvalue weighted by Crippen LogP contribution is 2.25. The fourth-order valence-corrected chi connectivity index (χ4v) is 3.97. The van der Waals surface area contributed by atoms with Gasteiger partial charge in [0.15, 0.2) is 0 Å². The number of anilines is 1. The first-order chi connectivity index (χ1) is 9.01. The minimum Gasteiger partial charge on any atom is -0.398 e. The van der Waals surface area contributed by atoms with E-state index in [9.17, 15) is 12.8 Å². The van der Waals surface area contributed by atoms with Crippen molar-refractivity contribution in [3.8, 4) is 0 Å². The van der Waals surface area contributed by atoms with E-state index in [0.29, 0.717) is 13.1 Å². The number of nitrogens with two attached hydrogens (primary N) is 1. The highest BCUT2D eigenvalue weighted by molar-refractivity contribution is 7.89. The van der Waals surface area contributed by atoms with Gasteiger partial charge in [0.05, 0.1) is 5.69 Å². The van der Waals surface area contributed by atoms with Gasteiger partial charge in [0, 0.05) is 13.1 Å². The fourth-order valence-electron chi connectivity index (χ4n) is 2.35. The third-order valence-corrected chi connectivity index (χ3v) is 5.38. The molecule has 2 N–H and O–H groups in total. The van der Waals surface area contributed by atoms with Crippen LogP contribution in [-0.4, -0.2) is 25.8 Å². The number of benzene rings is 1. The highest BCUT2D eigenvalue weighted by atomic mass is 32.2. The van der Waals surface area contributed by atoms with Crippen molar-refractivity contribution in [2.45, 2.75) is 37.0 Å². The van der Waals surface area contributed by atoms with Gasteiger partial charge in [0.2, 0.25) is 10.0 Å². The number of hydrogen-bond donors (Lipinski definition) is 1. The molecule has 0 radical (unpaired) electrons. The molecule has 1 fully saturated rings. The summed E-state index contributed by atoms with van der Waals surface area (Å²) in [6.45, 7) is 1.03. The monoisotopic (exact) mass is 286 g/mol. The molecular weight excluding hydrogens is 267 g/mol. The van der Waals surface area contributed by atoms with Crippen LogP contribution in [0.25, 0.3) is 0 Å². The van der Waals surface area contributed by atoms with E-state index in [4.69, 9.17) is 5.73 Å². The van der Waals surface area contributed by atoms with Gasteiger partial charge >= 0.3 is 0 Å². The third-order valence-electron chi connectivity index (χ3n) is 3.40. The average Bonchev–Trinajstić information content (AvgIpc) is 2.26. The lowest BCUT2D eigenvalue weighted by Gasteiger charge is -2.24. The zero-order valence-corrected chi connectivity index (χ0v) is 11.6. The van der Waals surface area contributed by atoms with Crippen molar-refractivity contribution in [3.05, 3.63) is 24.0 Å². The predicted octanol–water partition coefficient (Wildman–Crippen LogP) is 2.36. The average molecular weight is 286 g/mol. The zero-order valence-electron chi connectivity index (χ0n) is 10.8. The highest BCUT2D eigenvalue weighted by Gasteiger charge is 2.26. The summed E-state index contributed by atoms with van der Waals surface area (Å²) in [5.74, 6) is -0.524. The van der Waals surface area contributed by atoms with Gasteiger partial charge < -0.3 is 5.73 Å². The number of sulfonamides is 1. The number of halogens is 1. The van der Waals surface area contributed by atoms with Gasteiger partial charge in [-0.25, -0.2) is 12.8 Å². The summed E-state index contributed by atoms with van der Waals surface area (Å²) in [7, 11) is -3.61. The Morgan fingerprint density at radius 2 is 1.63 bits per heavy atom. The van der Waals surface area contributed by atoms with Crippen molar-refractivity contribution in [1.82, 2.24) is 4.31 Å². The largest absolute Gasteiger partial charge is 0.398 e. The molecule has 19 heavy (non-hydrogen) atoms. The smallest absolute Gasteiger partial charge is 0.245 e. The Bertz CT molecular complexity index is 538. The first-order valence-electron chi connectivity index (χ1n) is 6.57. The van der Waals surface area contributed by atoms with E-state index in [-0.39, 0.29) is 10.6 Å². The molecule has 4 nitrogen and oxygen atoms in total. The predicted molar refractivity (Wildman–Crippen MR) is 72.7 cm³/mol. The van der Waals surface area contributed by atoms with Crippen molar-refractivity contribution < 1.29 is 12.8 Å². The van der Waals surface area contributed by atoms with Gasteiger partial charge in [-0.05, 0) is 31.0 Å². The van der Waals surface area contributed by atoms with E-state index < -0.39 is 15.8 Å². The lowest BCUT2D eigenvalue weighted by Crippen LogP contribution is -2.34. The summed E-state index contributed by atoms with van der Waals surface area (Å²) >= 11 is 0. The minimum absolute atomic E-state index is 0.00877. The standard InChI is InChI=1S/C13H19FN2O2S/c14-11-6-7-13(12(15)10-11)19(17,18)16-8-4-2-1-3-5-9-16/h6-7,10H,1-5,8-9,15H2. The molecule has 106 valence electrons. The van der Waals surface area contributed by atoms with Crippen LogP contribution in [0.5, 0.6) is 0 Å². The molecule has 1 aromatic rings. The lowest BCUT2D eigenvalue weighted by molar-refractivity contribution is 0.364. The van der Waals surface area contributed by atoms with E-state index in [0.717, 1.165) is 44.2 Å². The Kier molecular flexibility index (Phi) is 4.42. The molecule has 0 spiro atoms. The minimum atomic E-state index is -3.61. The van der Waals surface area contributed by atoms with Crippen LogP contribution in [0.4, 0.5) is 10.1 Å². The molecule has 0 aromatic heterocycles.